The van der Waals surface area contributed by atoms with E-state index in [0.29, 0.717) is 11.3 Å². The van der Waals surface area contributed by atoms with Crippen LogP contribution in [0.3, 0.4) is 0 Å². The van der Waals surface area contributed by atoms with Gasteiger partial charge in [-0.15, -0.1) is 0 Å². The Morgan fingerprint density at radius 3 is 2.11 bits per heavy atom. The van der Waals surface area contributed by atoms with Crippen LogP contribution in [0.1, 0.15) is 11.7 Å². The summed E-state index contributed by atoms with van der Waals surface area (Å²) in [6.07, 6.45) is -0.734. The van der Waals surface area contributed by atoms with E-state index in [1.807, 2.05) is 0 Å². The maximum atomic E-state index is 9.94. The minimum Gasteiger partial charge on any atom is -0.508 e. The smallest absolute Gasteiger partial charge is 0.119 e. The molecule has 0 amide bonds. The van der Waals surface area contributed by atoms with Crippen molar-refractivity contribution in [2.75, 3.05) is 13.7 Å². The fraction of sp³-hybridized carbons (Fsp3) is 0.200. The molecule has 0 aromatic heterocycles. The molecule has 0 heterocycles. The van der Waals surface area contributed by atoms with E-state index in [1.54, 1.807) is 43.5 Å². The molecule has 2 aromatic rings. The first-order valence-electron chi connectivity index (χ1n) is 5.93. The summed E-state index contributed by atoms with van der Waals surface area (Å²) in [5, 5.41) is 19.1. The van der Waals surface area contributed by atoms with Crippen LogP contribution in [0.2, 0.25) is 0 Å². The van der Waals surface area contributed by atoms with Crippen LogP contribution >= 0.6 is 0 Å². The molecule has 100 valence electrons. The van der Waals surface area contributed by atoms with Gasteiger partial charge in [-0.3, -0.25) is 0 Å². The summed E-state index contributed by atoms with van der Waals surface area (Å²) in [5.41, 5.74) is 0.700. The van der Waals surface area contributed by atoms with E-state index in [9.17, 15) is 10.2 Å². The summed E-state index contributed by atoms with van der Waals surface area (Å²) < 4.78 is 10.5. The maximum absolute atomic E-state index is 9.94. The molecule has 2 rings (SSSR count). The van der Waals surface area contributed by atoms with Gasteiger partial charge in [-0.1, -0.05) is 12.1 Å². The number of rotatable bonds is 5. The summed E-state index contributed by atoms with van der Waals surface area (Å²) in [7, 11) is 1.60. The average Bonchev–Trinajstić information content (AvgIpc) is 2.46. The van der Waals surface area contributed by atoms with E-state index >= 15 is 0 Å². The third kappa shape index (κ3) is 3.63. The second kappa shape index (κ2) is 6.11. The van der Waals surface area contributed by atoms with E-state index in [4.69, 9.17) is 9.47 Å². The fourth-order valence-corrected chi connectivity index (χ4v) is 1.64. The molecule has 4 nitrogen and oxygen atoms in total. The second-order valence-corrected chi connectivity index (χ2v) is 4.09. The molecule has 0 saturated carbocycles. The van der Waals surface area contributed by atoms with Gasteiger partial charge in [0.2, 0.25) is 0 Å². The van der Waals surface area contributed by atoms with Crippen molar-refractivity contribution in [1.82, 2.24) is 0 Å². The highest BCUT2D eigenvalue weighted by molar-refractivity contribution is 5.31. The Morgan fingerprint density at radius 2 is 1.53 bits per heavy atom. The van der Waals surface area contributed by atoms with Crippen molar-refractivity contribution in [3.05, 3.63) is 54.1 Å². The highest BCUT2D eigenvalue weighted by atomic mass is 16.5. The fourth-order valence-electron chi connectivity index (χ4n) is 1.64. The normalized spacial score (nSPS) is 11.9. The lowest BCUT2D eigenvalue weighted by Gasteiger charge is -2.13. The summed E-state index contributed by atoms with van der Waals surface area (Å²) in [4.78, 5) is 0. The Balaban J connectivity index is 1.92. The molecular weight excluding hydrogens is 244 g/mol. The highest BCUT2D eigenvalue weighted by Crippen LogP contribution is 2.20. The van der Waals surface area contributed by atoms with Gasteiger partial charge in [0.15, 0.2) is 0 Å². The van der Waals surface area contributed by atoms with E-state index in [0.717, 1.165) is 5.75 Å². The Morgan fingerprint density at radius 1 is 0.947 bits per heavy atom. The minimum absolute atomic E-state index is 0.150. The number of hydrogen-bond acceptors (Lipinski definition) is 4. The molecule has 0 aliphatic heterocycles. The monoisotopic (exact) mass is 260 g/mol. The number of benzene rings is 2. The Hall–Kier alpha value is -2.20. The van der Waals surface area contributed by atoms with Crippen molar-refractivity contribution in [1.29, 1.82) is 0 Å². The summed E-state index contributed by atoms with van der Waals surface area (Å²) in [6, 6.07) is 13.5. The summed E-state index contributed by atoms with van der Waals surface area (Å²) in [6.45, 7) is 0.150. The van der Waals surface area contributed by atoms with Crippen LogP contribution in [0.4, 0.5) is 0 Å². The summed E-state index contributed by atoms with van der Waals surface area (Å²) >= 11 is 0. The van der Waals surface area contributed by atoms with E-state index in [-0.39, 0.29) is 12.4 Å². The van der Waals surface area contributed by atoms with Crippen LogP contribution in [-0.4, -0.2) is 23.9 Å². The molecule has 0 spiro atoms. The zero-order valence-electron chi connectivity index (χ0n) is 10.6. The lowest BCUT2D eigenvalue weighted by molar-refractivity contribution is 0.108. The molecule has 1 unspecified atom stereocenters. The van der Waals surface area contributed by atoms with E-state index in [1.165, 1.54) is 12.1 Å². The minimum atomic E-state index is -0.734. The van der Waals surface area contributed by atoms with Gasteiger partial charge in [0.25, 0.3) is 0 Å². The molecule has 0 fully saturated rings. The van der Waals surface area contributed by atoms with Crippen molar-refractivity contribution in [2.24, 2.45) is 0 Å². The third-order valence-corrected chi connectivity index (χ3v) is 2.75. The van der Waals surface area contributed by atoms with Crippen LogP contribution in [0.5, 0.6) is 17.2 Å². The molecule has 19 heavy (non-hydrogen) atoms. The van der Waals surface area contributed by atoms with Crippen LogP contribution in [0.15, 0.2) is 48.5 Å². The SMILES string of the molecule is COc1ccc(OCC(O)c2ccc(O)cc2)cc1. The number of phenols is 1. The quantitative estimate of drug-likeness (QED) is 0.867. The van der Waals surface area contributed by atoms with Gasteiger partial charge in [0, 0.05) is 0 Å². The van der Waals surface area contributed by atoms with Gasteiger partial charge in [-0.25, -0.2) is 0 Å². The van der Waals surface area contributed by atoms with Crippen molar-refractivity contribution >= 4 is 0 Å². The number of aliphatic hydroxyl groups is 1. The van der Waals surface area contributed by atoms with E-state index < -0.39 is 6.10 Å². The molecule has 0 aliphatic carbocycles. The van der Waals surface area contributed by atoms with Crippen LogP contribution in [0, 0.1) is 0 Å². The molecule has 0 bridgehead atoms. The van der Waals surface area contributed by atoms with Gasteiger partial charge >= 0.3 is 0 Å². The van der Waals surface area contributed by atoms with Crippen molar-refractivity contribution in [2.45, 2.75) is 6.10 Å². The van der Waals surface area contributed by atoms with Gasteiger partial charge in [-0.2, -0.15) is 0 Å². The second-order valence-electron chi connectivity index (χ2n) is 4.09. The summed E-state index contributed by atoms with van der Waals surface area (Å²) in [5.74, 6) is 1.59. The molecule has 4 heteroatoms. The zero-order valence-corrected chi connectivity index (χ0v) is 10.6. The number of ether oxygens (including phenoxy) is 2. The third-order valence-electron chi connectivity index (χ3n) is 2.75. The Labute approximate surface area is 111 Å². The standard InChI is InChI=1S/C15H16O4/c1-18-13-6-8-14(9-7-13)19-10-15(17)11-2-4-12(16)5-3-11/h2-9,15-17H,10H2,1H3. The van der Waals surface area contributed by atoms with E-state index in [2.05, 4.69) is 0 Å². The molecule has 0 aliphatic rings. The van der Waals surface area contributed by atoms with Gasteiger partial charge in [0.05, 0.1) is 7.11 Å². The number of aliphatic hydroxyl groups excluding tert-OH is 1. The maximum Gasteiger partial charge on any atom is 0.119 e. The molecule has 0 radical (unpaired) electrons. The van der Waals surface area contributed by atoms with Crippen LogP contribution < -0.4 is 9.47 Å². The first-order valence-corrected chi connectivity index (χ1v) is 5.93. The molecule has 2 aromatic carbocycles. The zero-order chi connectivity index (χ0) is 13.7. The predicted molar refractivity (Wildman–Crippen MR) is 71.6 cm³/mol. The first-order chi connectivity index (χ1) is 9.19. The Kier molecular flexibility index (Phi) is 4.26. The molecular formula is C15H16O4. The van der Waals surface area contributed by atoms with Gasteiger partial charge in [0.1, 0.15) is 30.0 Å². The lowest BCUT2D eigenvalue weighted by Crippen LogP contribution is -2.09. The largest absolute Gasteiger partial charge is 0.508 e. The number of phenolic OH excluding ortho intramolecular Hbond substituents is 1. The average molecular weight is 260 g/mol. The number of hydrogen-bond donors (Lipinski definition) is 2. The number of methoxy groups -OCH3 is 1. The molecule has 0 saturated heterocycles. The highest BCUT2D eigenvalue weighted by Gasteiger charge is 2.08. The van der Waals surface area contributed by atoms with Crippen LogP contribution in [-0.2, 0) is 0 Å². The number of aromatic hydroxyl groups is 1. The Bertz CT molecular complexity index is 505. The van der Waals surface area contributed by atoms with Crippen molar-refractivity contribution in [3.8, 4) is 17.2 Å². The lowest BCUT2D eigenvalue weighted by atomic mass is 10.1. The van der Waals surface area contributed by atoms with Crippen molar-refractivity contribution in [3.63, 3.8) is 0 Å². The van der Waals surface area contributed by atoms with Crippen molar-refractivity contribution < 1.29 is 19.7 Å². The van der Waals surface area contributed by atoms with Crippen LogP contribution in [0.25, 0.3) is 0 Å². The topological polar surface area (TPSA) is 58.9 Å². The van der Waals surface area contributed by atoms with Gasteiger partial charge < -0.3 is 19.7 Å². The van der Waals surface area contributed by atoms with Gasteiger partial charge in [-0.05, 0) is 42.0 Å². The molecule has 1 atom stereocenters. The first kappa shape index (κ1) is 13.2. The predicted octanol–water partition coefficient (Wildman–Crippen LogP) is 2.51. The molecule has 2 N–H and O–H groups in total.